The monoisotopic (exact) mass is 418 g/mol. The van der Waals surface area contributed by atoms with Gasteiger partial charge in [0.15, 0.2) is 5.17 Å². The maximum Gasteiger partial charge on any atom is 0.161 e. The first-order valence-corrected chi connectivity index (χ1v) is 9.18. The van der Waals surface area contributed by atoms with E-state index in [0.717, 1.165) is 51.6 Å². The van der Waals surface area contributed by atoms with Crippen molar-refractivity contribution in [3.8, 4) is 0 Å². The molecule has 6 heteroatoms. The number of aryl methyl sites for hydroxylation is 1. The third-order valence-electron chi connectivity index (χ3n) is 3.66. The van der Waals surface area contributed by atoms with Gasteiger partial charge in [-0.2, -0.15) is 0 Å². The molecule has 3 rings (SSSR count). The number of nitrogens with one attached hydrogen (secondary N) is 1. The summed E-state index contributed by atoms with van der Waals surface area (Å²) in [6.07, 6.45) is 2.06. The second-order valence-electron chi connectivity index (χ2n) is 5.27. The van der Waals surface area contributed by atoms with E-state index < -0.39 is 0 Å². The Morgan fingerprint density at radius 3 is 2.55 bits per heavy atom. The largest absolute Gasteiger partial charge is 0.381 e. The molecule has 0 amide bonds. The summed E-state index contributed by atoms with van der Waals surface area (Å²) in [5, 5.41) is 4.47. The van der Waals surface area contributed by atoms with Crippen molar-refractivity contribution in [3.63, 3.8) is 0 Å². The topological polar surface area (TPSA) is 33.6 Å². The summed E-state index contributed by atoms with van der Waals surface area (Å²) >= 11 is 9.04. The van der Waals surface area contributed by atoms with Gasteiger partial charge < -0.3 is 10.1 Å². The van der Waals surface area contributed by atoms with Crippen LogP contribution in [0.3, 0.4) is 0 Å². The molecule has 0 atom stereocenters. The summed E-state index contributed by atoms with van der Waals surface area (Å²) < 4.78 is 7.56. The predicted molar refractivity (Wildman–Crippen MR) is 92.9 cm³/mol. The summed E-state index contributed by atoms with van der Waals surface area (Å²) in [6, 6.07) is 4.22. The van der Waals surface area contributed by atoms with Gasteiger partial charge in [0.2, 0.25) is 0 Å². The Morgan fingerprint density at radius 1 is 1.25 bits per heavy atom. The van der Waals surface area contributed by atoms with Crippen LogP contribution in [-0.2, 0) is 4.74 Å². The number of thioether (sulfide) groups is 1. The van der Waals surface area contributed by atoms with E-state index in [4.69, 9.17) is 9.73 Å². The number of rotatable bonds is 1. The third kappa shape index (κ3) is 3.08. The van der Waals surface area contributed by atoms with Crippen molar-refractivity contribution >= 4 is 54.5 Å². The molecule has 2 heterocycles. The molecule has 0 unspecified atom stereocenters. The lowest BCUT2D eigenvalue weighted by Crippen LogP contribution is -2.34. The average molecular weight is 420 g/mol. The zero-order valence-corrected chi connectivity index (χ0v) is 15.2. The number of halogens is 2. The minimum atomic E-state index is 0.0922. The van der Waals surface area contributed by atoms with Gasteiger partial charge in [0, 0.05) is 27.9 Å². The van der Waals surface area contributed by atoms with Crippen molar-refractivity contribution in [2.75, 3.05) is 24.3 Å². The highest BCUT2D eigenvalue weighted by Gasteiger charge is 2.37. The van der Waals surface area contributed by atoms with Crippen LogP contribution in [0.4, 0.5) is 5.69 Å². The summed E-state index contributed by atoms with van der Waals surface area (Å²) in [5.74, 6) is 1.06. The molecule has 1 saturated heterocycles. The predicted octanol–water partition coefficient (Wildman–Crippen LogP) is 4.58. The molecule has 1 aromatic rings. The molecule has 0 bridgehead atoms. The highest BCUT2D eigenvalue weighted by atomic mass is 79.9. The molecular formula is C14H16Br2N2OS. The van der Waals surface area contributed by atoms with Crippen LogP contribution in [0.1, 0.15) is 18.4 Å². The van der Waals surface area contributed by atoms with E-state index in [0.29, 0.717) is 0 Å². The second kappa shape index (κ2) is 5.99. The van der Waals surface area contributed by atoms with E-state index in [1.165, 1.54) is 5.56 Å². The quantitative estimate of drug-likeness (QED) is 0.722. The van der Waals surface area contributed by atoms with Crippen LogP contribution in [0.5, 0.6) is 0 Å². The van der Waals surface area contributed by atoms with Crippen LogP contribution in [-0.4, -0.2) is 29.7 Å². The molecule has 108 valence electrons. The Bertz CT molecular complexity index is 533. The molecule has 1 N–H and O–H groups in total. The lowest BCUT2D eigenvalue weighted by Gasteiger charge is -2.29. The van der Waals surface area contributed by atoms with Crippen molar-refractivity contribution < 1.29 is 4.74 Å². The molecule has 2 aliphatic heterocycles. The van der Waals surface area contributed by atoms with Gasteiger partial charge in [-0.25, -0.2) is 0 Å². The fourth-order valence-corrected chi connectivity index (χ4v) is 5.29. The molecule has 0 aromatic heterocycles. The van der Waals surface area contributed by atoms with E-state index in [1.54, 1.807) is 11.8 Å². The second-order valence-corrected chi connectivity index (χ2v) is 7.94. The first kappa shape index (κ1) is 14.9. The summed E-state index contributed by atoms with van der Waals surface area (Å²) in [5.41, 5.74) is 2.36. The van der Waals surface area contributed by atoms with Crippen LogP contribution in [0, 0.1) is 6.92 Å². The number of ether oxygens (including phenoxy) is 1. The van der Waals surface area contributed by atoms with Crippen molar-refractivity contribution in [2.24, 2.45) is 4.99 Å². The van der Waals surface area contributed by atoms with E-state index in [-0.39, 0.29) is 5.54 Å². The van der Waals surface area contributed by atoms with Crippen molar-refractivity contribution in [2.45, 2.75) is 25.3 Å². The number of aliphatic imine (C=N–C) groups is 1. The fourth-order valence-electron chi connectivity index (χ4n) is 2.48. The highest BCUT2D eigenvalue weighted by Crippen LogP contribution is 2.38. The molecule has 2 aliphatic rings. The summed E-state index contributed by atoms with van der Waals surface area (Å²) in [7, 11) is 0. The molecule has 1 fully saturated rings. The average Bonchev–Trinajstić information content (AvgIpc) is 2.77. The minimum Gasteiger partial charge on any atom is -0.381 e. The van der Waals surface area contributed by atoms with Crippen LogP contribution >= 0.6 is 43.6 Å². The Kier molecular flexibility index (Phi) is 4.45. The van der Waals surface area contributed by atoms with Crippen LogP contribution in [0.25, 0.3) is 0 Å². The van der Waals surface area contributed by atoms with Crippen molar-refractivity contribution in [1.29, 1.82) is 0 Å². The van der Waals surface area contributed by atoms with Crippen LogP contribution in [0.2, 0.25) is 0 Å². The van der Waals surface area contributed by atoms with Crippen LogP contribution in [0.15, 0.2) is 26.1 Å². The minimum absolute atomic E-state index is 0.0922. The van der Waals surface area contributed by atoms with Gasteiger partial charge in [-0.15, -0.1) is 0 Å². The van der Waals surface area contributed by atoms with E-state index in [2.05, 4.69) is 56.2 Å². The van der Waals surface area contributed by atoms with Crippen molar-refractivity contribution in [3.05, 3.63) is 26.6 Å². The SMILES string of the molecule is Cc1cc(Br)c(NC2=NC3(CCOCC3)CS2)c(Br)c1. The Labute approximate surface area is 140 Å². The number of benzene rings is 1. The first-order valence-electron chi connectivity index (χ1n) is 6.61. The van der Waals surface area contributed by atoms with E-state index >= 15 is 0 Å². The van der Waals surface area contributed by atoms with E-state index in [9.17, 15) is 0 Å². The number of amidine groups is 1. The number of anilines is 1. The lowest BCUT2D eigenvalue weighted by atomic mass is 9.93. The first-order chi connectivity index (χ1) is 9.58. The summed E-state index contributed by atoms with van der Waals surface area (Å²) in [4.78, 5) is 4.93. The number of hydrogen-bond donors (Lipinski definition) is 1. The zero-order chi connectivity index (χ0) is 14.2. The number of nitrogens with zero attached hydrogens (tertiary/aromatic N) is 1. The van der Waals surface area contributed by atoms with Gasteiger partial charge in [-0.1, -0.05) is 11.8 Å². The Morgan fingerprint density at radius 2 is 1.90 bits per heavy atom. The van der Waals surface area contributed by atoms with Crippen molar-refractivity contribution in [1.82, 2.24) is 0 Å². The molecule has 0 radical (unpaired) electrons. The summed E-state index contributed by atoms with van der Waals surface area (Å²) in [6.45, 7) is 3.74. The zero-order valence-electron chi connectivity index (χ0n) is 11.2. The van der Waals surface area contributed by atoms with Gasteiger partial charge >= 0.3 is 0 Å². The maximum atomic E-state index is 5.45. The fraction of sp³-hybridized carbons (Fsp3) is 0.500. The molecular weight excluding hydrogens is 404 g/mol. The standard InChI is InChI=1S/C14H16Br2N2OS/c1-9-6-10(15)12(11(16)7-9)17-13-18-14(8-20-13)2-4-19-5-3-14/h6-7H,2-5,8H2,1H3,(H,17,18). The molecule has 20 heavy (non-hydrogen) atoms. The van der Waals surface area contributed by atoms with Gasteiger partial charge in [0.05, 0.1) is 11.2 Å². The smallest absolute Gasteiger partial charge is 0.161 e. The normalized spacial score (nSPS) is 21.1. The lowest BCUT2D eigenvalue weighted by molar-refractivity contribution is 0.0624. The maximum absolute atomic E-state index is 5.45. The van der Waals surface area contributed by atoms with Crippen LogP contribution < -0.4 is 5.32 Å². The van der Waals surface area contributed by atoms with Gasteiger partial charge in [0.25, 0.3) is 0 Å². The Hall–Kier alpha value is -0.0400. The van der Waals surface area contributed by atoms with E-state index in [1.807, 2.05) is 0 Å². The highest BCUT2D eigenvalue weighted by molar-refractivity contribution is 9.11. The molecule has 1 spiro atoms. The Balaban J connectivity index is 1.80. The molecule has 0 saturated carbocycles. The number of hydrogen-bond acceptors (Lipinski definition) is 4. The third-order valence-corrected chi connectivity index (χ3v) is 6.06. The molecule has 3 nitrogen and oxygen atoms in total. The van der Waals surface area contributed by atoms with Gasteiger partial charge in [-0.3, -0.25) is 4.99 Å². The van der Waals surface area contributed by atoms with Gasteiger partial charge in [0.1, 0.15) is 0 Å². The van der Waals surface area contributed by atoms with Gasteiger partial charge in [-0.05, 0) is 69.3 Å². The molecule has 1 aromatic carbocycles. The molecule has 0 aliphatic carbocycles.